The van der Waals surface area contributed by atoms with Crippen LogP contribution in [0.4, 0.5) is 5.82 Å². The number of rotatable bonds is 7. The maximum Gasteiger partial charge on any atom is 0.342 e. The van der Waals surface area contributed by atoms with Gasteiger partial charge in [-0.2, -0.15) is 0 Å². The van der Waals surface area contributed by atoms with Crippen molar-refractivity contribution in [3.8, 4) is 11.3 Å². The first-order valence-electron chi connectivity index (χ1n) is 13.3. The molecular formula is C31H32N2O6S. The molecule has 1 aliphatic rings. The van der Waals surface area contributed by atoms with E-state index in [1.54, 1.807) is 24.3 Å². The molecule has 0 radical (unpaired) electrons. The lowest BCUT2D eigenvalue weighted by Crippen LogP contribution is -2.27. The molecule has 0 amide bonds. The van der Waals surface area contributed by atoms with E-state index in [2.05, 4.69) is 5.32 Å². The summed E-state index contributed by atoms with van der Waals surface area (Å²) in [6, 6.07) is 19.3. The summed E-state index contributed by atoms with van der Waals surface area (Å²) in [7, 11) is -1.92. The van der Waals surface area contributed by atoms with Gasteiger partial charge >= 0.3 is 11.9 Å². The summed E-state index contributed by atoms with van der Waals surface area (Å²) in [5.41, 5.74) is 1.07. The zero-order chi connectivity index (χ0) is 28.4. The summed E-state index contributed by atoms with van der Waals surface area (Å²) < 4.78 is 40.5. The van der Waals surface area contributed by atoms with Gasteiger partial charge in [-0.25, -0.2) is 22.0 Å². The van der Waals surface area contributed by atoms with Crippen molar-refractivity contribution >= 4 is 38.6 Å². The largest absolute Gasteiger partial charge is 0.465 e. The number of methoxy groups -OCH3 is 2. The van der Waals surface area contributed by atoms with E-state index in [9.17, 15) is 18.0 Å². The molecule has 9 heteroatoms. The number of nitrogens with zero attached hydrogens (tertiary/aromatic N) is 1. The number of hydrogen-bond donors (Lipinski definition) is 1. The molecule has 0 aliphatic heterocycles. The molecule has 1 saturated carbocycles. The van der Waals surface area contributed by atoms with Crippen LogP contribution in [-0.4, -0.2) is 44.6 Å². The van der Waals surface area contributed by atoms with Crippen LogP contribution in [0.5, 0.6) is 0 Å². The number of esters is 2. The predicted octanol–water partition coefficient (Wildman–Crippen LogP) is 6.17. The lowest BCUT2D eigenvalue weighted by Gasteiger charge is -2.25. The Morgan fingerprint density at radius 1 is 0.825 bits per heavy atom. The minimum atomic E-state index is -4.33. The Bertz CT molecular complexity index is 1680. The minimum Gasteiger partial charge on any atom is -0.465 e. The van der Waals surface area contributed by atoms with Crippen LogP contribution in [0.25, 0.3) is 22.0 Å². The second kappa shape index (κ2) is 11.2. The van der Waals surface area contributed by atoms with Crippen LogP contribution in [0.3, 0.4) is 0 Å². The fourth-order valence-corrected chi connectivity index (χ4v) is 6.96. The number of carbonyl (C=O) groups is 2. The number of carbonyl (C=O) groups excluding carboxylic acids is 2. The quantitative estimate of drug-likeness (QED) is 0.270. The molecule has 0 atom stereocenters. The fraction of sp³-hybridized carbons (Fsp3) is 0.290. The van der Waals surface area contributed by atoms with Gasteiger partial charge in [0, 0.05) is 11.6 Å². The molecule has 0 spiro atoms. The Labute approximate surface area is 234 Å². The number of ether oxygens (including phenoxy) is 2. The number of anilines is 1. The van der Waals surface area contributed by atoms with Crippen LogP contribution >= 0.6 is 0 Å². The van der Waals surface area contributed by atoms with Crippen LogP contribution in [0.2, 0.25) is 0 Å². The smallest absolute Gasteiger partial charge is 0.342 e. The van der Waals surface area contributed by atoms with Crippen LogP contribution in [0.15, 0.2) is 71.6 Å². The van der Waals surface area contributed by atoms with Crippen molar-refractivity contribution in [2.24, 2.45) is 0 Å². The molecule has 0 bridgehead atoms. The van der Waals surface area contributed by atoms with Crippen molar-refractivity contribution < 1.29 is 27.5 Å². The predicted molar refractivity (Wildman–Crippen MR) is 154 cm³/mol. The van der Waals surface area contributed by atoms with E-state index < -0.39 is 22.0 Å². The van der Waals surface area contributed by atoms with E-state index in [1.807, 2.05) is 37.3 Å². The maximum absolute atomic E-state index is 14.5. The molecule has 1 aliphatic carbocycles. The van der Waals surface area contributed by atoms with Crippen LogP contribution in [0.1, 0.15) is 58.4 Å². The highest BCUT2D eigenvalue weighted by Gasteiger charge is 2.39. The second-order valence-electron chi connectivity index (χ2n) is 10.0. The van der Waals surface area contributed by atoms with Gasteiger partial charge in [0.05, 0.1) is 24.8 Å². The number of aryl methyl sites for hydroxylation is 1. The van der Waals surface area contributed by atoms with Crippen molar-refractivity contribution in [2.75, 3.05) is 19.5 Å². The van der Waals surface area contributed by atoms with Gasteiger partial charge in [0.25, 0.3) is 10.0 Å². The van der Waals surface area contributed by atoms with Gasteiger partial charge in [0.2, 0.25) is 0 Å². The summed E-state index contributed by atoms with van der Waals surface area (Å²) in [4.78, 5) is 26.9. The maximum atomic E-state index is 14.5. The third kappa shape index (κ3) is 4.86. The molecular weight excluding hydrogens is 528 g/mol. The Kier molecular flexibility index (Phi) is 7.67. The Hall–Kier alpha value is -4.11. The summed E-state index contributed by atoms with van der Waals surface area (Å²) in [5.74, 6) is -1.67. The van der Waals surface area contributed by atoms with E-state index in [-0.39, 0.29) is 33.6 Å². The Morgan fingerprint density at radius 3 is 2.12 bits per heavy atom. The summed E-state index contributed by atoms with van der Waals surface area (Å²) in [6.45, 7) is 1.87. The SMILES string of the molecule is COC(=O)c1c(C(=O)OC)c(-c2cccc3ccccc23)n(S(=O)(=O)c2ccc(C)cc2)c1NC1CCCCC1. The van der Waals surface area contributed by atoms with Gasteiger partial charge in [-0.1, -0.05) is 79.4 Å². The number of hydrogen-bond acceptors (Lipinski definition) is 7. The molecule has 208 valence electrons. The standard InChI is InChI=1S/C31H32N2O6S/c1-20-16-18-23(19-17-20)40(36,37)33-28(25-15-9-11-21-10-7-8-14-24(21)25)26(30(34)38-2)27(31(35)39-3)29(33)32-22-12-5-4-6-13-22/h7-11,14-19,22,32H,4-6,12-13H2,1-3H3. The molecule has 8 nitrogen and oxygen atoms in total. The van der Waals surface area contributed by atoms with Crippen LogP contribution in [-0.2, 0) is 19.5 Å². The van der Waals surface area contributed by atoms with Gasteiger partial charge in [0.1, 0.15) is 16.9 Å². The molecule has 0 unspecified atom stereocenters. The molecule has 1 heterocycles. The molecule has 5 rings (SSSR count). The summed E-state index contributed by atoms with van der Waals surface area (Å²) in [5, 5.41) is 4.91. The molecule has 4 aromatic rings. The van der Waals surface area contributed by atoms with Crippen LogP contribution in [0, 0.1) is 6.92 Å². The van der Waals surface area contributed by atoms with Gasteiger partial charge in [-0.3, -0.25) is 0 Å². The van der Waals surface area contributed by atoms with Gasteiger partial charge in [-0.05, 0) is 42.7 Å². The average molecular weight is 561 g/mol. The van der Waals surface area contributed by atoms with E-state index in [4.69, 9.17) is 9.47 Å². The first-order valence-corrected chi connectivity index (χ1v) is 14.7. The molecule has 3 aromatic carbocycles. The summed E-state index contributed by atoms with van der Waals surface area (Å²) in [6.07, 6.45) is 4.62. The van der Waals surface area contributed by atoms with Gasteiger partial charge in [0.15, 0.2) is 0 Å². The van der Waals surface area contributed by atoms with Crippen molar-refractivity contribution in [1.29, 1.82) is 0 Å². The van der Waals surface area contributed by atoms with Crippen molar-refractivity contribution in [1.82, 2.24) is 3.97 Å². The molecule has 40 heavy (non-hydrogen) atoms. The molecule has 0 saturated heterocycles. The number of fused-ring (bicyclic) bond motifs is 1. The lowest BCUT2D eigenvalue weighted by molar-refractivity contribution is 0.0558. The molecule has 1 fully saturated rings. The van der Waals surface area contributed by atoms with E-state index >= 15 is 0 Å². The topological polar surface area (TPSA) is 104 Å². The van der Waals surface area contributed by atoms with Gasteiger partial charge < -0.3 is 14.8 Å². The van der Waals surface area contributed by atoms with Crippen molar-refractivity contribution in [3.05, 3.63) is 83.4 Å². The highest BCUT2D eigenvalue weighted by Crippen LogP contribution is 2.42. The minimum absolute atomic E-state index is 0.00246. The second-order valence-corrected chi connectivity index (χ2v) is 11.8. The normalized spacial score (nSPS) is 14.2. The Morgan fingerprint density at radius 2 is 1.45 bits per heavy atom. The van der Waals surface area contributed by atoms with Crippen molar-refractivity contribution in [3.63, 3.8) is 0 Å². The third-order valence-corrected chi connectivity index (χ3v) is 9.17. The zero-order valence-corrected chi connectivity index (χ0v) is 23.6. The number of benzene rings is 3. The van der Waals surface area contributed by atoms with Gasteiger partial charge in [-0.15, -0.1) is 0 Å². The lowest BCUT2D eigenvalue weighted by atomic mass is 9.95. The highest BCUT2D eigenvalue weighted by molar-refractivity contribution is 7.90. The first-order chi connectivity index (χ1) is 19.3. The first kappa shape index (κ1) is 27.5. The zero-order valence-electron chi connectivity index (χ0n) is 22.8. The monoisotopic (exact) mass is 560 g/mol. The van der Waals surface area contributed by atoms with E-state index in [1.165, 1.54) is 26.4 Å². The molecule has 1 N–H and O–H groups in total. The fourth-order valence-electron chi connectivity index (χ4n) is 5.46. The van der Waals surface area contributed by atoms with Crippen LogP contribution < -0.4 is 5.32 Å². The summed E-state index contributed by atoms with van der Waals surface area (Å²) >= 11 is 0. The van der Waals surface area contributed by atoms with E-state index in [0.717, 1.165) is 47.0 Å². The number of nitrogens with one attached hydrogen (secondary N) is 1. The van der Waals surface area contributed by atoms with E-state index in [0.29, 0.717) is 10.9 Å². The molecule has 1 aromatic heterocycles. The number of aromatic nitrogens is 1. The highest BCUT2D eigenvalue weighted by atomic mass is 32.2. The third-order valence-electron chi connectivity index (χ3n) is 7.46. The Balaban J connectivity index is 1.95. The average Bonchev–Trinajstić information content (AvgIpc) is 3.32. The van der Waals surface area contributed by atoms with Crippen molar-refractivity contribution in [2.45, 2.75) is 50.0 Å².